The van der Waals surface area contributed by atoms with Crippen LogP contribution in [0.4, 0.5) is 0 Å². The summed E-state index contributed by atoms with van der Waals surface area (Å²) in [6.07, 6.45) is 0. The second-order valence-electron chi connectivity index (χ2n) is 1.73. The van der Waals surface area contributed by atoms with Gasteiger partial charge in [-0.15, -0.1) is 0 Å². The Morgan fingerprint density at radius 2 is 2.38 bits per heavy atom. The highest BCUT2D eigenvalue weighted by atomic mass is 35.5. The van der Waals surface area contributed by atoms with Crippen molar-refractivity contribution in [2.45, 2.75) is 6.92 Å². The van der Waals surface area contributed by atoms with Crippen molar-refractivity contribution in [2.75, 3.05) is 0 Å². The lowest BCUT2D eigenvalue weighted by atomic mass is 10.5. The second-order valence-corrected chi connectivity index (χ2v) is 2.12. The van der Waals surface area contributed by atoms with Gasteiger partial charge in [-0.2, -0.15) is 5.10 Å². The molecule has 3 heteroatoms. The summed E-state index contributed by atoms with van der Waals surface area (Å²) < 4.78 is 1.64. The summed E-state index contributed by atoms with van der Waals surface area (Å²) >= 11 is 5.63. The lowest BCUT2D eigenvalue weighted by Crippen LogP contribution is -1.88. The van der Waals surface area contributed by atoms with Crippen molar-refractivity contribution in [3.63, 3.8) is 0 Å². The molecule has 0 aliphatic carbocycles. The van der Waals surface area contributed by atoms with Gasteiger partial charge in [0, 0.05) is 7.05 Å². The van der Waals surface area contributed by atoms with E-state index in [9.17, 15) is 0 Å². The van der Waals surface area contributed by atoms with Crippen LogP contribution >= 0.6 is 11.6 Å². The van der Waals surface area contributed by atoms with Crippen molar-refractivity contribution >= 4 is 11.6 Å². The Kier molecular flexibility index (Phi) is 1.26. The Labute approximate surface area is 53.1 Å². The van der Waals surface area contributed by atoms with E-state index in [1.165, 1.54) is 0 Å². The molecular weight excluding hydrogens is 124 g/mol. The largest absolute Gasteiger partial charge is 0.257 e. The van der Waals surface area contributed by atoms with Gasteiger partial charge in [0.1, 0.15) is 5.15 Å². The van der Waals surface area contributed by atoms with E-state index in [2.05, 4.69) is 5.10 Å². The van der Waals surface area contributed by atoms with Crippen LogP contribution in [0.2, 0.25) is 5.15 Å². The molecule has 1 heterocycles. The molecule has 1 rings (SSSR count). The van der Waals surface area contributed by atoms with Gasteiger partial charge < -0.3 is 0 Å². The Morgan fingerprint density at radius 1 is 1.75 bits per heavy atom. The third-order valence-electron chi connectivity index (χ3n) is 0.945. The third-order valence-corrected chi connectivity index (χ3v) is 1.30. The maximum atomic E-state index is 5.63. The van der Waals surface area contributed by atoms with Gasteiger partial charge in [0.15, 0.2) is 0 Å². The fourth-order valence-corrected chi connectivity index (χ4v) is 0.775. The summed E-state index contributed by atoms with van der Waals surface area (Å²) in [5.74, 6) is 0. The normalized spacial score (nSPS) is 9.88. The van der Waals surface area contributed by atoms with Gasteiger partial charge in [0.2, 0.25) is 0 Å². The standard InChI is InChI=1S/C5H7ClN2/c1-4-3-5(6)8(2)7-4/h3H,1-2H3. The average molecular weight is 131 g/mol. The number of aryl methyl sites for hydroxylation is 2. The number of nitrogens with zero attached hydrogens (tertiary/aromatic N) is 2. The first-order valence-electron chi connectivity index (χ1n) is 2.36. The highest BCUT2D eigenvalue weighted by Crippen LogP contribution is 2.06. The summed E-state index contributed by atoms with van der Waals surface area (Å²) in [5, 5.41) is 4.68. The molecule has 0 bridgehead atoms. The van der Waals surface area contributed by atoms with E-state index in [0.717, 1.165) is 5.69 Å². The van der Waals surface area contributed by atoms with Crippen LogP contribution in [-0.4, -0.2) is 9.78 Å². The zero-order valence-corrected chi connectivity index (χ0v) is 5.61. The lowest BCUT2D eigenvalue weighted by molar-refractivity contribution is 0.757. The summed E-state index contributed by atoms with van der Waals surface area (Å²) in [4.78, 5) is 0. The van der Waals surface area contributed by atoms with Crippen molar-refractivity contribution < 1.29 is 0 Å². The van der Waals surface area contributed by atoms with Gasteiger partial charge in [-0.1, -0.05) is 11.6 Å². The highest BCUT2D eigenvalue weighted by Gasteiger charge is 1.94. The Hall–Kier alpha value is -0.500. The van der Waals surface area contributed by atoms with E-state index in [1.54, 1.807) is 4.68 Å². The van der Waals surface area contributed by atoms with Crippen LogP contribution in [0.5, 0.6) is 0 Å². The summed E-state index contributed by atoms with van der Waals surface area (Å²) in [7, 11) is 1.81. The fraction of sp³-hybridized carbons (Fsp3) is 0.400. The molecule has 0 amide bonds. The van der Waals surface area contributed by atoms with Gasteiger partial charge in [-0.25, -0.2) is 0 Å². The molecule has 0 unspecified atom stereocenters. The smallest absolute Gasteiger partial charge is 0.126 e. The molecule has 2 nitrogen and oxygen atoms in total. The first-order valence-corrected chi connectivity index (χ1v) is 2.74. The number of hydrogen-bond donors (Lipinski definition) is 0. The molecule has 0 saturated heterocycles. The molecule has 0 spiro atoms. The SMILES string of the molecule is Cc1cc(Cl)n(C)n1. The fourth-order valence-electron chi connectivity index (χ4n) is 0.579. The molecule has 8 heavy (non-hydrogen) atoms. The molecular formula is C5H7ClN2. The first kappa shape index (κ1) is 5.63. The van der Waals surface area contributed by atoms with Crippen molar-refractivity contribution in [3.05, 3.63) is 16.9 Å². The highest BCUT2D eigenvalue weighted by molar-refractivity contribution is 6.29. The molecule has 0 radical (unpaired) electrons. The third kappa shape index (κ3) is 0.842. The van der Waals surface area contributed by atoms with E-state index in [0.29, 0.717) is 5.15 Å². The van der Waals surface area contributed by atoms with E-state index in [-0.39, 0.29) is 0 Å². The quantitative estimate of drug-likeness (QED) is 0.519. The van der Waals surface area contributed by atoms with Gasteiger partial charge in [-0.05, 0) is 13.0 Å². The molecule has 44 valence electrons. The maximum absolute atomic E-state index is 5.63. The van der Waals surface area contributed by atoms with Crippen molar-refractivity contribution in [1.29, 1.82) is 0 Å². The van der Waals surface area contributed by atoms with Crippen LogP contribution in [0.1, 0.15) is 5.69 Å². The zero-order valence-electron chi connectivity index (χ0n) is 4.85. The minimum Gasteiger partial charge on any atom is -0.257 e. The average Bonchev–Trinajstić information content (AvgIpc) is 1.85. The number of hydrogen-bond acceptors (Lipinski definition) is 1. The molecule has 0 aliphatic heterocycles. The van der Waals surface area contributed by atoms with Gasteiger partial charge in [0.25, 0.3) is 0 Å². The number of rotatable bonds is 0. The van der Waals surface area contributed by atoms with E-state index in [4.69, 9.17) is 11.6 Å². The zero-order chi connectivity index (χ0) is 6.15. The molecule has 0 aliphatic rings. The van der Waals surface area contributed by atoms with Crippen LogP contribution in [0.25, 0.3) is 0 Å². The van der Waals surface area contributed by atoms with Crippen molar-refractivity contribution in [2.24, 2.45) is 7.05 Å². The predicted octanol–water partition coefficient (Wildman–Crippen LogP) is 1.38. The van der Waals surface area contributed by atoms with Gasteiger partial charge in [-0.3, -0.25) is 4.68 Å². The molecule has 0 fully saturated rings. The van der Waals surface area contributed by atoms with Crippen LogP contribution in [0.3, 0.4) is 0 Å². The topological polar surface area (TPSA) is 17.8 Å². The summed E-state index contributed by atoms with van der Waals surface area (Å²) in [5.41, 5.74) is 0.956. The molecule has 1 aromatic rings. The molecule has 1 aromatic heterocycles. The molecule has 0 atom stereocenters. The van der Waals surface area contributed by atoms with Crippen molar-refractivity contribution in [3.8, 4) is 0 Å². The van der Waals surface area contributed by atoms with Crippen molar-refractivity contribution in [1.82, 2.24) is 9.78 Å². The summed E-state index contributed by atoms with van der Waals surface area (Å²) in [6, 6.07) is 1.82. The Morgan fingerprint density at radius 3 is 2.50 bits per heavy atom. The van der Waals surface area contributed by atoms with Crippen LogP contribution in [-0.2, 0) is 7.05 Å². The molecule has 0 N–H and O–H groups in total. The Bertz CT molecular complexity index is 173. The minimum absolute atomic E-state index is 0.683. The van der Waals surface area contributed by atoms with E-state index >= 15 is 0 Å². The minimum atomic E-state index is 0.683. The monoisotopic (exact) mass is 130 g/mol. The van der Waals surface area contributed by atoms with Gasteiger partial charge >= 0.3 is 0 Å². The van der Waals surface area contributed by atoms with E-state index in [1.807, 2.05) is 20.0 Å². The van der Waals surface area contributed by atoms with Gasteiger partial charge in [0.05, 0.1) is 5.69 Å². The maximum Gasteiger partial charge on any atom is 0.126 e. The van der Waals surface area contributed by atoms with Crippen LogP contribution in [0.15, 0.2) is 6.07 Å². The van der Waals surface area contributed by atoms with Crippen LogP contribution < -0.4 is 0 Å². The predicted molar refractivity (Wildman–Crippen MR) is 33.0 cm³/mol. The Balaban J connectivity index is 3.14. The lowest BCUT2D eigenvalue weighted by Gasteiger charge is -1.85. The van der Waals surface area contributed by atoms with E-state index < -0.39 is 0 Å². The number of aromatic nitrogens is 2. The number of halogens is 1. The summed E-state index contributed by atoms with van der Waals surface area (Å²) in [6.45, 7) is 1.91. The first-order chi connectivity index (χ1) is 3.70. The molecule has 0 aromatic carbocycles. The second kappa shape index (κ2) is 1.78. The molecule has 0 saturated carbocycles. The van der Waals surface area contributed by atoms with Crippen LogP contribution in [0, 0.1) is 6.92 Å².